The van der Waals surface area contributed by atoms with Crippen molar-refractivity contribution in [1.29, 1.82) is 0 Å². The number of nitrogens with zero attached hydrogens (tertiary/aromatic N) is 6. The Hall–Kier alpha value is -3.61. The largest absolute Gasteiger partial charge is 0.495 e. The van der Waals surface area contributed by atoms with Gasteiger partial charge in [0.05, 0.1) is 45.1 Å². The third-order valence-electron chi connectivity index (χ3n) is 6.61. The number of morpholine rings is 1. The Morgan fingerprint density at radius 2 is 2.11 bits per heavy atom. The highest BCUT2D eigenvalue weighted by atomic mass is 35.5. The van der Waals surface area contributed by atoms with Gasteiger partial charge in [0.1, 0.15) is 23.0 Å². The van der Waals surface area contributed by atoms with Gasteiger partial charge in [0.2, 0.25) is 5.95 Å². The third kappa shape index (κ3) is 5.33. The van der Waals surface area contributed by atoms with Crippen LogP contribution in [-0.4, -0.2) is 83.8 Å². The number of halogens is 1. The molecule has 0 saturated carbocycles. The molecule has 5 rings (SSSR count). The van der Waals surface area contributed by atoms with Crippen LogP contribution in [0.4, 0.5) is 17.6 Å². The fourth-order valence-electron chi connectivity index (χ4n) is 4.60. The summed E-state index contributed by atoms with van der Waals surface area (Å²) in [4.78, 5) is 31.2. The van der Waals surface area contributed by atoms with Crippen molar-refractivity contribution in [2.75, 3.05) is 62.2 Å². The number of carbonyl (C=O) groups is 1. The number of aliphatic hydroxyl groups excluding tert-OH is 1. The molecule has 0 amide bonds. The van der Waals surface area contributed by atoms with Crippen LogP contribution < -0.4 is 19.9 Å². The van der Waals surface area contributed by atoms with E-state index in [1.165, 1.54) is 7.11 Å². The summed E-state index contributed by atoms with van der Waals surface area (Å²) >= 11 is 6.32. The standard InChI is InChI=1S/C25H30ClN7O5/c1-36-19-4-3-16(11-18(19)26)12-28-22-21(24(35)37-2)23(32-8-7-31-6-5-27-20(31)14-32)30-25(29-22)33-9-10-38-17(13-33)15-34/h3-6,11,17,34H,7-10,12-15H2,1-2H3,(H,28,29,30). The first-order chi connectivity index (χ1) is 18.5. The van der Waals surface area contributed by atoms with E-state index in [2.05, 4.69) is 14.9 Å². The van der Waals surface area contributed by atoms with E-state index in [4.69, 9.17) is 35.8 Å². The van der Waals surface area contributed by atoms with Crippen LogP contribution in [0.3, 0.4) is 0 Å². The minimum Gasteiger partial charge on any atom is -0.495 e. The Balaban J connectivity index is 1.54. The molecule has 13 heteroatoms. The molecule has 1 atom stereocenters. The second kappa shape index (κ2) is 11.4. The number of nitrogens with one attached hydrogen (secondary N) is 1. The lowest BCUT2D eigenvalue weighted by molar-refractivity contribution is 0.00314. The van der Waals surface area contributed by atoms with Crippen LogP contribution in [0, 0.1) is 0 Å². The molecule has 202 valence electrons. The lowest BCUT2D eigenvalue weighted by Gasteiger charge is -2.34. The van der Waals surface area contributed by atoms with Crippen molar-refractivity contribution < 1.29 is 24.1 Å². The zero-order valence-corrected chi connectivity index (χ0v) is 22.0. The van der Waals surface area contributed by atoms with Gasteiger partial charge in [-0.05, 0) is 17.7 Å². The van der Waals surface area contributed by atoms with E-state index in [0.717, 1.165) is 11.4 Å². The summed E-state index contributed by atoms with van der Waals surface area (Å²) in [6.45, 7) is 3.43. The van der Waals surface area contributed by atoms with E-state index in [0.29, 0.717) is 74.2 Å². The van der Waals surface area contributed by atoms with E-state index in [1.54, 1.807) is 25.4 Å². The monoisotopic (exact) mass is 543 g/mol. The molecule has 1 unspecified atom stereocenters. The van der Waals surface area contributed by atoms with Crippen LogP contribution in [-0.2, 0) is 29.1 Å². The minimum atomic E-state index is -0.550. The van der Waals surface area contributed by atoms with Gasteiger partial charge in [-0.25, -0.2) is 9.78 Å². The first-order valence-electron chi connectivity index (χ1n) is 12.3. The fourth-order valence-corrected chi connectivity index (χ4v) is 4.88. The number of anilines is 3. The van der Waals surface area contributed by atoms with E-state index < -0.39 is 5.97 Å². The van der Waals surface area contributed by atoms with E-state index in [1.807, 2.05) is 22.1 Å². The van der Waals surface area contributed by atoms with Gasteiger partial charge in [-0.1, -0.05) is 17.7 Å². The second-order valence-electron chi connectivity index (χ2n) is 8.96. The molecule has 1 fully saturated rings. The summed E-state index contributed by atoms with van der Waals surface area (Å²) < 4.78 is 18.1. The smallest absolute Gasteiger partial charge is 0.345 e. The SMILES string of the molecule is COC(=O)c1c(NCc2ccc(OC)c(Cl)c2)nc(N2CCOC(CO)C2)nc1N1CCn2ccnc2C1. The zero-order valence-electron chi connectivity index (χ0n) is 21.3. The van der Waals surface area contributed by atoms with Crippen LogP contribution >= 0.6 is 11.6 Å². The zero-order chi connectivity index (χ0) is 26.6. The maximum atomic E-state index is 13.1. The van der Waals surface area contributed by atoms with Gasteiger partial charge in [0, 0.05) is 45.1 Å². The van der Waals surface area contributed by atoms with Crippen molar-refractivity contribution in [3.8, 4) is 5.75 Å². The number of carbonyl (C=O) groups excluding carboxylic acids is 1. The van der Waals surface area contributed by atoms with Gasteiger partial charge in [-0.15, -0.1) is 0 Å². The number of aromatic nitrogens is 4. The Morgan fingerprint density at radius 1 is 1.24 bits per heavy atom. The molecule has 2 aliphatic rings. The van der Waals surface area contributed by atoms with E-state index in [9.17, 15) is 9.90 Å². The highest BCUT2D eigenvalue weighted by Gasteiger charge is 2.31. The van der Waals surface area contributed by atoms with Crippen molar-refractivity contribution in [1.82, 2.24) is 19.5 Å². The third-order valence-corrected chi connectivity index (χ3v) is 6.91. The molecular formula is C25H30ClN7O5. The number of esters is 1. The molecule has 38 heavy (non-hydrogen) atoms. The van der Waals surface area contributed by atoms with E-state index >= 15 is 0 Å². The molecule has 3 aromatic rings. The summed E-state index contributed by atoms with van der Waals surface area (Å²) in [6.07, 6.45) is 3.35. The summed E-state index contributed by atoms with van der Waals surface area (Å²) in [6, 6.07) is 5.47. The van der Waals surface area contributed by atoms with E-state index in [-0.39, 0.29) is 18.3 Å². The van der Waals surface area contributed by atoms with Gasteiger partial charge < -0.3 is 39.0 Å². The Labute approximate surface area is 225 Å². The number of fused-ring (bicyclic) bond motifs is 1. The molecule has 0 bridgehead atoms. The maximum absolute atomic E-state index is 13.1. The number of methoxy groups -OCH3 is 2. The van der Waals surface area contributed by atoms with Crippen LogP contribution in [0.25, 0.3) is 0 Å². The highest BCUT2D eigenvalue weighted by molar-refractivity contribution is 6.32. The normalized spacial score (nSPS) is 17.2. The summed E-state index contributed by atoms with van der Waals surface area (Å²) in [5.41, 5.74) is 1.11. The Bertz CT molecular complexity index is 1300. The van der Waals surface area contributed by atoms with Gasteiger partial charge in [0.15, 0.2) is 5.82 Å². The average molecular weight is 544 g/mol. The molecule has 12 nitrogen and oxygen atoms in total. The molecule has 0 aliphatic carbocycles. The van der Waals surface area contributed by atoms with Crippen LogP contribution in [0.5, 0.6) is 5.75 Å². The minimum absolute atomic E-state index is 0.109. The predicted octanol–water partition coefficient (Wildman–Crippen LogP) is 1.95. The Morgan fingerprint density at radius 3 is 2.87 bits per heavy atom. The molecule has 1 saturated heterocycles. The second-order valence-corrected chi connectivity index (χ2v) is 9.37. The number of hydrogen-bond acceptors (Lipinski definition) is 11. The van der Waals surface area contributed by atoms with Crippen molar-refractivity contribution >= 4 is 35.2 Å². The van der Waals surface area contributed by atoms with Crippen LogP contribution in [0.15, 0.2) is 30.6 Å². The van der Waals surface area contributed by atoms with Gasteiger partial charge in [-0.2, -0.15) is 9.97 Å². The van der Waals surface area contributed by atoms with Crippen molar-refractivity contribution in [3.05, 3.63) is 52.6 Å². The number of hydrogen-bond donors (Lipinski definition) is 2. The van der Waals surface area contributed by atoms with Gasteiger partial charge in [0.25, 0.3) is 0 Å². The maximum Gasteiger partial charge on any atom is 0.345 e. The quantitative estimate of drug-likeness (QED) is 0.405. The lowest BCUT2D eigenvalue weighted by Crippen LogP contribution is -2.45. The lowest BCUT2D eigenvalue weighted by atomic mass is 10.2. The number of rotatable bonds is 8. The summed E-state index contributed by atoms with van der Waals surface area (Å²) in [5.74, 6) is 2.13. The number of ether oxygens (including phenoxy) is 3. The van der Waals surface area contributed by atoms with Crippen LogP contribution in [0.2, 0.25) is 5.02 Å². The summed E-state index contributed by atoms with van der Waals surface area (Å²) in [7, 11) is 2.90. The summed E-state index contributed by atoms with van der Waals surface area (Å²) in [5, 5.41) is 13.4. The molecule has 2 aromatic heterocycles. The fraction of sp³-hybridized carbons (Fsp3) is 0.440. The number of benzene rings is 1. The molecule has 2 N–H and O–H groups in total. The van der Waals surface area contributed by atoms with Crippen molar-refractivity contribution in [2.24, 2.45) is 0 Å². The molecule has 0 radical (unpaired) electrons. The predicted molar refractivity (Wildman–Crippen MR) is 141 cm³/mol. The van der Waals surface area contributed by atoms with Crippen molar-refractivity contribution in [2.45, 2.75) is 25.7 Å². The number of imidazole rings is 1. The van der Waals surface area contributed by atoms with Gasteiger partial charge >= 0.3 is 5.97 Å². The highest BCUT2D eigenvalue weighted by Crippen LogP contribution is 2.32. The number of aliphatic hydroxyl groups is 1. The van der Waals surface area contributed by atoms with Crippen molar-refractivity contribution in [3.63, 3.8) is 0 Å². The first-order valence-corrected chi connectivity index (χ1v) is 12.7. The Kier molecular flexibility index (Phi) is 7.82. The molecule has 1 aromatic carbocycles. The average Bonchev–Trinajstić information content (AvgIpc) is 3.43. The molecule has 4 heterocycles. The first kappa shape index (κ1) is 26.0. The van der Waals surface area contributed by atoms with Crippen LogP contribution in [0.1, 0.15) is 21.7 Å². The molecular weight excluding hydrogens is 514 g/mol. The molecule has 2 aliphatic heterocycles. The topological polar surface area (TPSA) is 127 Å². The molecule has 0 spiro atoms. The van der Waals surface area contributed by atoms with Gasteiger partial charge in [-0.3, -0.25) is 0 Å².